The second-order valence-corrected chi connectivity index (χ2v) is 8.15. The normalized spacial score (nSPS) is 14.5. The van der Waals surface area contributed by atoms with Gasteiger partial charge in [0, 0.05) is 30.1 Å². The molecule has 0 bridgehead atoms. The van der Waals surface area contributed by atoms with E-state index < -0.39 is 18.6 Å². The SMILES string of the molecule is C=C(C=NC=CCC)n1nc(C(=O)N2CCSC2)cc1-c1cc(F)cc(OCC(F)(F)F)c1. The summed E-state index contributed by atoms with van der Waals surface area (Å²) in [5.74, 6) is -0.0663. The number of thioether (sulfide) groups is 1. The first-order valence-corrected chi connectivity index (χ1v) is 11.2. The molecule has 0 spiro atoms. The summed E-state index contributed by atoms with van der Waals surface area (Å²) in [6, 6.07) is 4.68. The van der Waals surface area contributed by atoms with Gasteiger partial charge in [0.25, 0.3) is 5.91 Å². The van der Waals surface area contributed by atoms with E-state index in [0.29, 0.717) is 12.4 Å². The highest BCUT2D eigenvalue weighted by Gasteiger charge is 2.29. The van der Waals surface area contributed by atoms with Crippen LogP contribution < -0.4 is 4.74 Å². The van der Waals surface area contributed by atoms with Crippen molar-refractivity contribution in [2.24, 2.45) is 4.99 Å². The average Bonchev–Trinajstić information content (AvgIpc) is 3.44. The largest absolute Gasteiger partial charge is 0.484 e. The summed E-state index contributed by atoms with van der Waals surface area (Å²) in [5.41, 5.74) is 0.821. The van der Waals surface area contributed by atoms with Gasteiger partial charge < -0.3 is 9.64 Å². The van der Waals surface area contributed by atoms with Crippen LogP contribution in [0, 0.1) is 5.82 Å². The molecule has 1 aromatic carbocycles. The Balaban J connectivity index is 2.00. The van der Waals surface area contributed by atoms with Crippen molar-refractivity contribution < 1.29 is 27.1 Å². The van der Waals surface area contributed by atoms with Gasteiger partial charge in [0.15, 0.2) is 12.3 Å². The molecule has 1 aliphatic rings. The number of amides is 1. The minimum atomic E-state index is -4.57. The van der Waals surface area contributed by atoms with Gasteiger partial charge in [-0.3, -0.25) is 9.79 Å². The smallest absolute Gasteiger partial charge is 0.422 e. The van der Waals surface area contributed by atoms with Gasteiger partial charge in [-0.1, -0.05) is 19.6 Å². The van der Waals surface area contributed by atoms with E-state index in [0.717, 1.165) is 24.3 Å². The number of hydrogen-bond donors (Lipinski definition) is 0. The lowest BCUT2D eigenvalue weighted by Crippen LogP contribution is -2.28. The Morgan fingerprint density at radius 1 is 1.33 bits per heavy atom. The molecule has 0 radical (unpaired) electrons. The highest BCUT2D eigenvalue weighted by atomic mass is 32.2. The Bertz CT molecular complexity index is 1070. The number of allylic oxidation sites excluding steroid dienone is 2. The average molecular weight is 483 g/mol. The fraction of sp³-hybridized carbons (Fsp3) is 0.318. The summed E-state index contributed by atoms with van der Waals surface area (Å²) in [6.45, 7) is 4.87. The van der Waals surface area contributed by atoms with Gasteiger partial charge in [0.2, 0.25) is 0 Å². The summed E-state index contributed by atoms with van der Waals surface area (Å²) < 4.78 is 57.9. The van der Waals surface area contributed by atoms with Crippen molar-refractivity contribution in [3.8, 4) is 17.0 Å². The molecule has 2 aromatic rings. The van der Waals surface area contributed by atoms with Crippen molar-refractivity contribution >= 4 is 29.6 Å². The molecule has 1 amide bonds. The fourth-order valence-corrected chi connectivity index (χ4v) is 3.90. The molecule has 0 N–H and O–H groups in total. The zero-order valence-electron chi connectivity index (χ0n) is 17.8. The number of carbonyl (C=O) groups excluding carboxylic acids is 1. The number of halogens is 4. The van der Waals surface area contributed by atoms with Crippen molar-refractivity contribution in [1.29, 1.82) is 0 Å². The maximum atomic E-state index is 14.2. The second-order valence-electron chi connectivity index (χ2n) is 7.07. The third kappa shape index (κ3) is 6.70. The van der Waals surface area contributed by atoms with Crippen LogP contribution in [-0.4, -0.2) is 57.8 Å². The molecular weight excluding hydrogens is 460 g/mol. The predicted octanol–water partition coefficient (Wildman–Crippen LogP) is 5.24. The van der Waals surface area contributed by atoms with Crippen LogP contribution in [0.5, 0.6) is 5.75 Å². The Morgan fingerprint density at radius 2 is 2.12 bits per heavy atom. The minimum Gasteiger partial charge on any atom is -0.484 e. The number of alkyl halides is 3. The van der Waals surface area contributed by atoms with Gasteiger partial charge in [0.05, 0.1) is 23.5 Å². The first-order chi connectivity index (χ1) is 15.7. The summed E-state index contributed by atoms with van der Waals surface area (Å²) >= 11 is 1.61. The summed E-state index contributed by atoms with van der Waals surface area (Å²) in [4.78, 5) is 18.6. The van der Waals surface area contributed by atoms with E-state index in [2.05, 4.69) is 16.7 Å². The van der Waals surface area contributed by atoms with Gasteiger partial charge in [-0.2, -0.15) is 18.3 Å². The van der Waals surface area contributed by atoms with Crippen LogP contribution in [0.4, 0.5) is 17.6 Å². The zero-order valence-corrected chi connectivity index (χ0v) is 18.6. The molecule has 0 saturated carbocycles. The van der Waals surface area contributed by atoms with E-state index in [-0.39, 0.29) is 34.3 Å². The molecule has 0 atom stereocenters. The number of ether oxygens (including phenoxy) is 1. The van der Waals surface area contributed by atoms with Crippen LogP contribution in [0.25, 0.3) is 17.0 Å². The zero-order chi connectivity index (χ0) is 24.0. The lowest BCUT2D eigenvalue weighted by molar-refractivity contribution is -0.153. The van der Waals surface area contributed by atoms with Gasteiger partial charge in [0.1, 0.15) is 11.6 Å². The molecule has 1 aromatic heterocycles. The van der Waals surface area contributed by atoms with Crippen molar-refractivity contribution in [3.63, 3.8) is 0 Å². The number of benzene rings is 1. The van der Waals surface area contributed by atoms with Gasteiger partial charge in [-0.15, -0.1) is 11.8 Å². The Morgan fingerprint density at radius 3 is 2.79 bits per heavy atom. The van der Waals surface area contributed by atoms with E-state index in [4.69, 9.17) is 4.74 Å². The third-order valence-corrected chi connectivity index (χ3v) is 5.43. The molecule has 0 aliphatic carbocycles. The van der Waals surface area contributed by atoms with E-state index >= 15 is 0 Å². The monoisotopic (exact) mass is 482 g/mol. The highest BCUT2D eigenvalue weighted by Crippen LogP contribution is 2.30. The molecule has 1 fully saturated rings. The quantitative estimate of drug-likeness (QED) is 0.381. The Labute approximate surface area is 192 Å². The second kappa shape index (κ2) is 10.7. The highest BCUT2D eigenvalue weighted by molar-refractivity contribution is 7.99. The molecule has 1 aliphatic heterocycles. The van der Waals surface area contributed by atoms with Crippen LogP contribution in [0.2, 0.25) is 0 Å². The van der Waals surface area contributed by atoms with Crippen LogP contribution >= 0.6 is 11.8 Å². The van der Waals surface area contributed by atoms with Crippen LogP contribution in [0.1, 0.15) is 23.8 Å². The third-order valence-electron chi connectivity index (χ3n) is 4.46. The number of aromatic nitrogens is 2. The molecule has 176 valence electrons. The topological polar surface area (TPSA) is 59.7 Å². The number of nitrogens with zero attached hydrogens (tertiary/aromatic N) is 4. The summed E-state index contributed by atoms with van der Waals surface area (Å²) in [6.07, 6.45) is 1.03. The van der Waals surface area contributed by atoms with Crippen LogP contribution in [-0.2, 0) is 0 Å². The van der Waals surface area contributed by atoms with Crippen molar-refractivity contribution in [2.45, 2.75) is 19.5 Å². The van der Waals surface area contributed by atoms with Crippen LogP contribution in [0.15, 0.2) is 48.1 Å². The van der Waals surface area contributed by atoms with E-state index in [9.17, 15) is 22.4 Å². The molecule has 0 unspecified atom stereocenters. The van der Waals surface area contributed by atoms with E-state index in [1.807, 2.05) is 13.0 Å². The Kier molecular flexibility index (Phi) is 7.96. The number of aliphatic imine (C=N–C) groups is 1. The predicted molar refractivity (Wildman–Crippen MR) is 121 cm³/mol. The first kappa shape index (κ1) is 24.6. The first-order valence-electron chi connectivity index (χ1n) is 10.0. The van der Waals surface area contributed by atoms with Gasteiger partial charge >= 0.3 is 6.18 Å². The molecule has 3 rings (SSSR count). The maximum absolute atomic E-state index is 14.2. The standard InChI is InChI=1S/C22H22F4N4O2S/c1-3-4-5-27-12-15(2)30-20(11-19(28-30)21(31)29-6-7-33-14-29)16-8-17(23)10-18(9-16)32-13-22(24,25)26/h4-5,8-12H,2-3,6-7,13-14H2,1H3. The van der Waals surface area contributed by atoms with Gasteiger partial charge in [-0.25, -0.2) is 9.07 Å². The molecule has 33 heavy (non-hydrogen) atoms. The number of rotatable bonds is 8. The molecule has 2 heterocycles. The van der Waals surface area contributed by atoms with Crippen molar-refractivity contribution in [3.05, 3.63) is 54.6 Å². The summed E-state index contributed by atoms with van der Waals surface area (Å²) in [7, 11) is 0. The molecule has 11 heteroatoms. The van der Waals surface area contributed by atoms with Crippen LogP contribution in [0.3, 0.4) is 0 Å². The lowest BCUT2D eigenvalue weighted by Gasteiger charge is -2.12. The van der Waals surface area contributed by atoms with Gasteiger partial charge in [-0.05, 0) is 24.6 Å². The lowest BCUT2D eigenvalue weighted by atomic mass is 10.1. The van der Waals surface area contributed by atoms with E-state index in [1.54, 1.807) is 22.9 Å². The minimum absolute atomic E-state index is 0.105. The maximum Gasteiger partial charge on any atom is 0.422 e. The fourth-order valence-electron chi connectivity index (χ4n) is 2.96. The number of carbonyl (C=O) groups is 1. The number of hydrogen-bond acceptors (Lipinski definition) is 5. The van der Waals surface area contributed by atoms with Crippen molar-refractivity contribution in [2.75, 3.05) is 24.8 Å². The summed E-state index contributed by atoms with van der Waals surface area (Å²) in [5, 5.41) is 4.33. The molecule has 1 saturated heterocycles. The van der Waals surface area contributed by atoms with E-state index in [1.165, 1.54) is 23.0 Å². The van der Waals surface area contributed by atoms with Crippen molar-refractivity contribution in [1.82, 2.24) is 14.7 Å². The molecule has 6 nitrogen and oxygen atoms in total. The Hall–Kier alpha value is -3.08. The molecular formula is C22H22F4N4O2S.